The van der Waals surface area contributed by atoms with Crippen LogP contribution in [0.25, 0.3) is 27.6 Å². The molecule has 5 rings (SSSR count). The van der Waals surface area contributed by atoms with Gasteiger partial charge in [-0.05, 0) is 30.7 Å². The summed E-state index contributed by atoms with van der Waals surface area (Å²) in [6, 6.07) is 16.4. The van der Waals surface area contributed by atoms with Crippen molar-refractivity contribution in [3.8, 4) is 6.07 Å². The fourth-order valence-electron chi connectivity index (χ4n) is 3.90. The van der Waals surface area contributed by atoms with Gasteiger partial charge in [0.25, 0.3) is 5.56 Å². The molecule has 0 atom stereocenters. The Morgan fingerprint density at radius 1 is 1.15 bits per heavy atom. The number of benzene rings is 2. The molecule has 0 aliphatic carbocycles. The first-order chi connectivity index (χ1) is 16.6. The van der Waals surface area contributed by atoms with Crippen LogP contribution in [0.2, 0.25) is 0 Å². The number of nitrogens with one attached hydrogen (secondary N) is 1. The van der Waals surface area contributed by atoms with E-state index in [-0.39, 0.29) is 23.0 Å². The lowest BCUT2D eigenvalue weighted by molar-refractivity contribution is -0.113. The second kappa shape index (κ2) is 9.03. The molecule has 34 heavy (non-hydrogen) atoms. The largest absolute Gasteiger partial charge is 0.443 e. The highest BCUT2D eigenvalue weighted by molar-refractivity contribution is 7.99. The number of unbranched alkanes of at least 4 members (excludes halogenated alkanes) is 1. The van der Waals surface area contributed by atoms with Crippen molar-refractivity contribution in [3.05, 3.63) is 64.6 Å². The van der Waals surface area contributed by atoms with Gasteiger partial charge < -0.3 is 9.73 Å². The van der Waals surface area contributed by atoms with E-state index in [1.165, 1.54) is 11.8 Å². The minimum atomic E-state index is -0.312. The first-order valence-electron chi connectivity index (χ1n) is 10.8. The molecule has 5 aromatic rings. The van der Waals surface area contributed by atoms with Crippen molar-refractivity contribution < 1.29 is 9.21 Å². The first kappa shape index (κ1) is 21.7. The third kappa shape index (κ3) is 3.70. The van der Waals surface area contributed by atoms with E-state index in [0.717, 1.165) is 12.8 Å². The third-order valence-corrected chi connectivity index (χ3v) is 6.44. The molecule has 0 fully saturated rings. The number of rotatable bonds is 7. The highest BCUT2D eigenvalue weighted by Crippen LogP contribution is 2.30. The number of anilines is 1. The topological polar surface area (TPSA) is 118 Å². The van der Waals surface area contributed by atoms with Gasteiger partial charge in [0.05, 0.1) is 16.7 Å². The van der Waals surface area contributed by atoms with E-state index in [1.54, 1.807) is 28.8 Å². The predicted molar refractivity (Wildman–Crippen MR) is 130 cm³/mol. The molecular weight excluding hydrogens is 452 g/mol. The van der Waals surface area contributed by atoms with Gasteiger partial charge in [-0.3, -0.25) is 18.6 Å². The van der Waals surface area contributed by atoms with Crippen LogP contribution in [-0.4, -0.2) is 30.8 Å². The zero-order valence-corrected chi connectivity index (χ0v) is 19.1. The summed E-state index contributed by atoms with van der Waals surface area (Å²) in [5.41, 5.74) is 1.47. The van der Waals surface area contributed by atoms with Crippen LogP contribution in [0.1, 0.15) is 25.5 Å². The van der Waals surface area contributed by atoms with Crippen LogP contribution in [0.15, 0.2) is 62.9 Å². The van der Waals surface area contributed by atoms with E-state index < -0.39 is 0 Å². The molecule has 0 aliphatic heterocycles. The second-order valence-corrected chi connectivity index (χ2v) is 8.64. The Morgan fingerprint density at radius 2 is 1.91 bits per heavy atom. The molecule has 0 spiro atoms. The monoisotopic (exact) mass is 472 g/mol. The maximum atomic E-state index is 13.0. The lowest BCUT2D eigenvalue weighted by Gasteiger charge is -2.10. The van der Waals surface area contributed by atoms with Crippen molar-refractivity contribution >= 4 is 51.0 Å². The summed E-state index contributed by atoms with van der Waals surface area (Å²) in [5.74, 6) is 0.229. The highest BCUT2D eigenvalue weighted by Gasteiger charge is 2.19. The normalized spacial score (nSPS) is 11.3. The number of aryl methyl sites for hydroxylation is 1. The van der Waals surface area contributed by atoms with Gasteiger partial charge in [-0.15, -0.1) is 10.2 Å². The van der Waals surface area contributed by atoms with Gasteiger partial charge in [-0.25, -0.2) is 0 Å². The van der Waals surface area contributed by atoms with Crippen LogP contribution in [0.3, 0.4) is 0 Å². The summed E-state index contributed by atoms with van der Waals surface area (Å²) in [6.45, 7) is 2.60. The Kier molecular flexibility index (Phi) is 5.77. The van der Waals surface area contributed by atoms with Crippen LogP contribution in [0, 0.1) is 11.3 Å². The molecule has 0 aliphatic rings. The van der Waals surface area contributed by atoms with Gasteiger partial charge in [0.1, 0.15) is 17.3 Å². The summed E-state index contributed by atoms with van der Waals surface area (Å²) in [4.78, 5) is 25.8. The number of para-hydroxylation sites is 2. The van der Waals surface area contributed by atoms with Gasteiger partial charge in [-0.1, -0.05) is 49.4 Å². The molecule has 0 saturated carbocycles. The number of hydrogen-bond acceptors (Lipinski definition) is 7. The number of nitriles is 1. The van der Waals surface area contributed by atoms with E-state index in [0.29, 0.717) is 45.0 Å². The van der Waals surface area contributed by atoms with Crippen molar-refractivity contribution in [1.29, 1.82) is 5.26 Å². The standard InChI is InChI=1S/C24H20N6O3S/c1-2-3-12-29-22(32)15-8-4-6-10-17(15)30-23(29)27-28-24(30)34-14-20(31)26-21-16-9-5-7-11-18(16)33-19(21)13-25/h4-11H,2-3,12,14H2,1H3,(H,26,31). The molecular formula is C24H20N6O3S. The van der Waals surface area contributed by atoms with Crippen LogP contribution >= 0.6 is 11.8 Å². The molecule has 1 amide bonds. The number of fused-ring (bicyclic) bond motifs is 4. The second-order valence-electron chi connectivity index (χ2n) is 7.70. The predicted octanol–water partition coefficient (Wildman–Crippen LogP) is 4.19. The van der Waals surface area contributed by atoms with Gasteiger partial charge in [-0.2, -0.15) is 5.26 Å². The summed E-state index contributed by atoms with van der Waals surface area (Å²) < 4.78 is 8.98. The number of hydrogen-bond donors (Lipinski definition) is 1. The molecule has 1 N–H and O–H groups in total. The first-order valence-corrected chi connectivity index (χ1v) is 11.8. The van der Waals surface area contributed by atoms with Crippen molar-refractivity contribution in [2.24, 2.45) is 0 Å². The van der Waals surface area contributed by atoms with E-state index in [4.69, 9.17) is 4.42 Å². The molecule has 3 heterocycles. The summed E-state index contributed by atoms with van der Waals surface area (Å²) in [6.07, 6.45) is 1.78. The highest BCUT2D eigenvalue weighted by atomic mass is 32.2. The number of amides is 1. The molecule has 0 bridgehead atoms. The number of carbonyl (C=O) groups excluding carboxylic acids is 1. The van der Waals surface area contributed by atoms with Crippen LogP contribution in [0.4, 0.5) is 5.69 Å². The maximum Gasteiger partial charge on any atom is 0.262 e. The molecule has 3 aromatic heterocycles. The van der Waals surface area contributed by atoms with Gasteiger partial charge in [0.2, 0.25) is 17.4 Å². The Labute approximate surface area is 198 Å². The lowest BCUT2D eigenvalue weighted by Crippen LogP contribution is -2.23. The number of nitrogens with zero attached hydrogens (tertiary/aromatic N) is 5. The van der Waals surface area contributed by atoms with Crippen molar-refractivity contribution in [3.63, 3.8) is 0 Å². The average molecular weight is 473 g/mol. The fraction of sp³-hybridized carbons (Fsp3) is 0.208. The Balaban J connectivity index is 1.46. The van der Waals surface area contributed by atoms with Crippen LogP contribution in [-0.2, 0) is 11.3 Å². The molecule has 170 valence electrons. The number of carbonyl (C=O) groups is 1. The van der Waals surface area contributed by atoms with Crippen molar-refractivity contribution in [1.82, 2.24) is 19.2 Å². The van der Waals surface area contributed by atoms with E-state index in [2.05, 4.69) is 22.4 Å². The van der Waals surface area contributed by atoms with Gasteiger partial charge >= 0.3 is 0 Å². The van der Waals surface area contributed by atoms with Gasteiger partial charge in [0, 0.05) is 11.9 Å². The molecule has 9 nitrogen and oxygen atoms in total. The van der Waals surface area contributed by atoms with Gasteiger partial charge in [0.15, 0.2) is 5.16 Å². The minimum absolute atomic E-state index is 0.0353. The zero-order valence-electron chi connectivity index (χ0n) is 18.3. The van der Waals surface area contributed by atoms with Crippen LogP contribution in [0.5, 0.6) is 0 Å². The number of furan rings is 1. The third-order valence-electron chi connectivity index (χ3n) is 5.51. The molecule has 0 radical (unpaired) electrons. The van der Waals surface area contributed by atoms with E-state index in [9.17, 15) is 14.9 Å². The van der Waals surface area contributed by atoms with E-state index in [1.807, 2.05) is 34.7 Å². The smallest absolute Gasteiger partial charge is 0.262 e. The molecule has 10 heteroatoms. The number of aromatic nitrogens is 4. The summed E-state index contributed by atoms with van der Waals surface area (Å²) >= 11 is 1.21. The molecule has 0 unspecified atom stereocenters. The van der Waals surface area contributed by atoms with Crippen molar-refractivity contribution in [2.45, 2.75) is 31.5 Å². The summed E-state index contributed by atoms with van der Waals surface area (Å²) in [5, 5.41) is 22.5. The Bertz CT molecular complexity index is 1640. The molecule has 2 aromatic carbocycles. The van der Waals surface area contributed by atoms with E-state index >= 15 is 0 Å². The average Bonchev–Trinajstić information content (AvgIpc) is 3.44. The fourth-order valence-corrected chi connectivity index (χ4v) is 4.64. The summed E-state index contributed by atoms with van der Waals surface area (Å²) in [7, 11) is 0. The molecule has 0 saturated heterocycles. The number of thioether (sulfide) groups is 1. The quantitative estimate of drug-likeness (QED) is 0.353. The lowest BCUT2D eigenvalue weighted by atomic mass is 10.2. The SMILES string of the molecule is CCCCn1c(=O)c2ccccc2n2c(SCC(=O)Nc3c(C#N)oc4ccccc34)nnc12. The maximum absolute atomic E-state index is 13.0. The van der Waals surface area contributed by atoms with Crippen LogP contribution < -0.4 is 10.9 Å². The Morgan fingerprint density at radius 3 is 2.71 bits per heavy atom. The van der Waals surface area contributed by atoms with Crippen molar-refractivity contribution in [2.75, 3.05) is 11.1 Å². The Hall–Kier alpha value is -4.10. The minimum Gasteiger partial charge on any atom is -0.443 e. The zero-order chi connectivity index (χ0) is 23.7.